The zero-order valence-electron chi connectivity index (χ0n) is 10.9. The topological polar surface area (TPSA) is 81.2 Å². The molecule has 0 saturated carbocycles. The Balaban J connectivity index is 1.79. The van der Waals surface area contributed by atoms with Crippen LogP contribution < -0.4 is 4.87 Å². The molecule has 0 radical (unpaired) electrons. The molecule has 2 aromatic heterocycles. The van der Waals surface area contributed by atoms with Crippen LogP contribution in [0.5, 0.6) is 0 Å². The maximum absolute atomic E-state index is 11.6. The fourth-order valence-corrected chi connectivity index (χ4v) is 2.44. The maximum Gasteiger partial charge on any atom is 0.308 e. The van der Waals surface area contributed by atoms with Crippen molar-refractivity contribution in [1.29, 1.82) is 0 Å². The molecule has 0 aliphatic heterocycles. The number of Topliss-reactive ketones (excluding diaryl/α,β-unsaturated/α-hetero) is 1. The number of carbonyl (C=O) groups is 2. The van der Waals surface area contributed by atoms with E-state index in [4.69, 9.17) is 4.74 Å². The first-order valence-corrected chi connectivity index (χ1v) is 6.93. The van der Waals surface area contributed by atoms with Crippen molar-refractivity contribution < 1.29 is 14.3 Å². The van der Waals surface area contributed by atoms with Crippen LogP contribution >= 0.6 is 11.3 Å². The summed E-state index contributed by atoms with van der Waals surface area (Å²) in [4.78, 5) is 37.2. The molecular weight excluding hydrogens is 280 g/mol. The molecule has 0 amide bonds. The largest absolute Gasteiger partial charge is 0.457 e. The summed E-state index contributed by atoms with van der Waals surface area (Å²) < 4.78 is 6.40. The van der Waals surface area contributed by atoms with Crippen LogP contribution in [0.4, 0.5) is 0 Å². The highest BCUT2D eigenvalue weighted by atomic mass is 32.1. The number of aromatic amines is 1. The molecule has 0 atom stereocenters. The molecule has 1 N–H and O–H groups in total. The van der Waals surface area contributed by atoms with Crippen LogP contribution in [0.3, 0.4) is 0 Å². The van der Waals surface area contributed by atoms with Crippen LogP contribution in [0, 0.1) is 6.92 Å². The smallest absolute Gasteiger partial charge is 0.308 e. The van der Waals surface area contributed by atoms with Gasteiger partial charge < -0.3 is 14.3 Å². The Morgan fingerprint density at radius 2 is 2.25 bits per heavy atom. The van der Waals surface area contributed by atoms with Crippen LogP contribution in [0.2, 0.25) is 0 Å². The Hall–Kier alpha value is -2.15. The van der Waals surface area contributed by atoms with Gasteiger partial charge in [-0.05, 0) is 19.1 Å². The van der Waals surface area contributed by atoms with E-state index >= 15 is 0 Å². The fraction of sp³-hybridized carbons (Fsp3) is 0.308. The van der Waals surface area contributed by atoms with Gasteiger partial charge in [-0.25, -0.2) is 0 Å². The highest BCUT2D eigenvalue weighted by Crippen LogP contribution is 2.02. The van der Waals surface area contributed by atoms with Crippen molar-refractivity contribution in [3.63, 3.8) is 0 Å². The number of hydrogen-bond acceptors (Lipinski definition) is 5. The third-order valence-corrected chi connectivity index (χ3v) is 3.66. The Morgan fingerprint density at radius 1 is 1.45 bits per heavy atom. The quantitative estimate of drug-likeness (QED) is 0.644. The molecule has 2 heterocycles. The molecule has 6 nitrogen and oxygen atoms in total. The van der Waals surface area contributed by atoms with Crippen LogP contribution in [-0.2, 0) is 16.1 Å². The van der Waals surface area contributed by atoms with Crippen LogP contribution in [0.1, 0.15) is 22.6 Å². The second-order valence-electron chi connectivity index (χ2n) is 4.21. The summed E-state index contributed by atoms with van der Waals surface area (Å²) >= 11 is 1.10. The molecule has 7 heteroatoms. The van der Waals surface area contributed by atoms with Crippen molar-refractivity contribution in [2.24, 2.45) is 0 Å². The fourth-order valence-electron chi connectivity index (χ4n) is 1.68. The zero-order chi connectivity index (χ0) is 14.5. The number of nitrogens with one attached hydrogen (secondary N) is 1. The second-order valence-corrected chi connectivity index (χ2v) is 5.03. The lowest BCUT2D eigenvalue weighted by Gasteiger charge is -2.05. The molecule has 20 heavy (non-hydrogen) atoms. The molecule has 0 fully saturated rings. The number of aromatic nitrogens is 2. The molecule has 0 saturated heterocycles. The Bertz CT molecular complexity index is 654. The number of carbonyl (C=O) groups excluding carboxylic acids is 2. The third kappa shape index (κ3) is 3.45. The lowest BCUT2D eigenvalue weighted by atomic mass is 10.3. The first kappa shape index (κ1) is 14.3. The van der Waals surface area contributed by atoms with Gasteiger partial charge in [0, 0.05) is 23.8 Å². The van der Waals surface area contributed by atoms with E-state index in [9.17, 15) is 14.4 Å². The lowest BCUT2D eigenvalue weighted by Crippen LogP contribution is -2.19. The van der Waals surface area contributed by atoms with Crippen molar-refractivity contribution in [1.82, 2.24) is 9.55 Å². The van der Waals surface area contributed by atoms with Crippen molar-refractivity contribution in [3.05, 3.63) is 44.8 Å². The van der Waals surface area contributed by atoms with Gasteiger partial charge in [0.1, 0.15) is 0 Å². The van der Waals surface area contributed by atoms with Gasteiger partial charge in [0.05, 0.1) is 12.1 Å². The Kier molecular flexibility index (Phi) is 4.52. The number of H-pyrrole nitrogens is 1. The number of thiazole rings is 1. The van der Waals surface area contributed by atoms with Gasteiger partial charge in [-0.1, -0.05) is 11.3 Å². The average molecular weight is 294 g/mol. The maximum atomic E-state index is 11.6. The third-order valence-electron chi connectivity index (χ3n) is 2.78. The number of rotatable bonds is 6. The van der Waals surface area contributed by atoms with Gasteiger partial charge in [-0.3, -0.25) is 14.4 Å². The highest BCUT2D eigenvalue weighted by Gasteiger charge is 2.11. The number of ketones is 1. The predicted molar refractivity (Wildman–Crippen MR) is 74.0 cm³/mol. The predicted octanol–water partition coefficient (Wildman–Crippen LogP) is 1.36. The van der Waals surface area contributed by atoms with Crippen LogP contribution in [0.15, 0.2) is 28.5 Å². The van der Waals surface area contributed by atoms with Gasteiger partial charge in [0.2, 0.25) is 5.78 Å². The summed E-state index contributed by atoms with van der Waals surface area (Å²) in [5.74, 6) is -0.783. The van der Waals surface area contributed by atoms with E-state index in [1.54, 1.807) is 30.6 Å². The van der Waals surface area contributed by atoms with Crippen molar-refractivity contribution >= 4 is 23.1 Å². The molecule has 106 valence electrons. The van der Waals surface area contributed by atoms with E-state index in [1.165, 1.54) is 4.57 Å². The molecule has 0 aromatic carbocycles. The van der Waals surface area contributed by atoms with Gasteiger partial charge >= 0.3 is 10.8 Å². The second kappa shape index (κ2) is 6.33. The number of nitrogens with zero attached hydrogens (tertiary/aromatic N) is 1. The van der Waals surface area contributed by atoms with Gasteiger partial charge in [0.15, 0.2) is 6.61 Å². The zero-order valence-corrected chi connectivity index (χ0v) is 11.7. The molecule has 0 aliphatic rings. The van der Waals surface area contributed by atoms with E-state index in [-0.39, 0.29) is 30.2 Å². The monoisotopic (exact) mass is 294 g/mol. The summed E-state index contributed by atoms with van der Waals surface area (Å²) in [7, 11) is 0. The average Bonchev–Trinajstić information content (AvgIpc) is 3.05. The Labute approximate surface area is 119 Å². The van der Waals surface area contributed by atoms with Crippen molar-refractivity contribution in [3.8, 4) is 0 Å². The van der Waals surface area contributed by atoms with Crippen molar-refractivity contribution in [2.75, 3.05) is 6.61 Å². The molecule has 0 unspecified atom stereocenters. The van der Waals surface area contributed by atoms with E-state index in [2.05, 4.69) is 4.98 Å². The van der Waals surface area contributed by atoms with Crippen molar-refractivity contribution in [2.45, 2.75) is 19.9 Å². The summed E-state index contributed by atoms with van der Waals surface area (Å²) in [6, 6.07) is 3.31. The standard InChI is InChI=1S/C13H14N2O4S/c1-9-8-20-13(18)15(9)6-4-12(17)19-7-11(16)10-3-2-5-14-10/h2-3,5,8,14H,4,6-7H2,1H3. The lowest BCUT2D eigenvalue weighted by molar-refractivity contribution is -0.142. The first-order valence-electron chi connectivity index (χ1n) is 6.05. The molecular formula is C13H14N2O4S. The minimum absolute atomic E-state index is 0.0650. The summed E-state index contributed by atoms with van der Waals surface area (Å²) in [6.45, 7) is 1.78. The van der Waals surface area contributed by atoms with Gasteiger partial charge in [-0.15, -0.1) is 0 Å². The van der Waals surface area contributed by atoms with Crippen LogP contribution in [-0.4, -0.2) is 27.9 Å². The number of esters is 1. The van der Waals surface area contributed by atoms with Gasteiger partial charge in [0.25, 0.3) is 0 Å². The molecule has 2 rings (SSSR count). The first-order chi connectivity index (χ1) is 9.58. The number of ether oxygens (including phenoxy) is 1. The summed E-state index contributed by atoms with van der Waals surface area (Å²) in [5.41, 5.74) is 1.22. The minimum atomic E-state index is -0.498. The highest BCUT2D eigenvalue weighted by molar-refractivity contribution is 7.07. The van der Waals surface area contributed by atoms with E-state index < -0.39 is 5.97 Å². The number of aryl methyl sites for hydroxylation is 1. The molecule has 2 aromatic rings. The molecule has 0 spiro atoms. The summed E-state index contributed by atoms with van der Waals surface area (Å²) in [5, 5.41) is 1.74. The summed E-state index contributed by atoms with van der Waals surface area (Å²) in [6.07, 6.45) is 1.69. The minimum Gasteiger partial charge on any atom is -0.457 e. The van der Waals surface area contributed by atoms with E-state index in [1.807, 2.05) is 0 Å². The SMILES string of the molecule is Cc1csc(=O)n1CCC(=O)OCC(=O)c1ccc[nH]1. The molecule has 0 aliphatic carbocycles. The Morgan fingerprint density at radius 3 is 2.85 bits per heavy atom. The molecule has 0 bridgehead atoms. The van der Waals surface area contributed by atoms with E-state index in [0.717, 1.165) is 17.0 Å². The van der Waals surface area contributed by atoms with E-state index in [0.29, 0.717) is 5.69 Å². The normalized spacial score (nSPS) is 10.4. The number of hydrogen-bond donors (Lipinski definition) is 1. The van der Waals surface area contributed by atoms with Crippen LogP contribution in [0.25, 0.3) is 0 Å². The van der Waals surface area contributed by atoms with Gasteiger partial charge in [-0.2, -0.15) is 0 Å².